The van der Waals surface area contributed by atoms with E-state index in [-0.39, 0.29) is 29.3 Å². The van der Waals surface area contributed by atoms with Crippen LogP contribution in [0.1, 0.15) is 5.56 Å². The van der Waals surface area contributed by atoms with Crippen LogP contribution in [-0.2, 0) is 30.2 Å². The van der Waals surface area contributed by atoms with Gasteiger partial charge in [-0.05, 0) is 12.1 Å². The first kappa shape index (κ1) is 23.4. The summed E-state index contributed by atoms with van der Waals surface area (Å²) in [6.07, 6.45) is 1.55. The summed E-state index contributed by atoms with van der Waals surface area (Å²) in [5, 5.41) is 3.07. The molecule has 32 heavy (non-hydrogen) atoms. The molecule has 3 rings (SSSR count). The molecular weight excluding hydrogens is 436 g/mol. The monoisotopic (exact) mass is 460 g/mol. The Morgan fingerprint density at radius 1 is 1.09 bits per heavy atom. The molecule has 2 heterocycles. The number of aromatic nitrogens is 3. The average Bonchev–Trinajstić information content (AvgIpc) is 2.80. The van der Waals surface area contributed by atoms with Gasteiger partial charge in [-0.15, -0.1) is 11.8 Å². The number of nitrogens with one attached hydrogen (secondary N) is 1. The summed E-state index contributed by atoms with van der Waals surface area (Å²) in [7, 11) is 7.53. The summed E-state index contributed by atoms with van der Waals surface area (Å²) in [5.41, 5.74) is 0.497. The summed E-state index contributed by atoms with van der Waals surface area (Å²) in [6.45, 7) is 0.203. The molecule has 0 bridgehead atoms. The number of aryl methyl sites for hydroxylation is 1. The van der Waals surface area contributed by atoms with E-state index < -0.39 is 11.2 Å². The standard InChI is InChI=1S/C21H24N4O6S/c1-24-19-17(20(27)25(2)21(24)28)18(12(9-22-19)10-29-3)32-11-16(26)23-13-6-7-14(30-4)15(8-13)31-5/h6-9H,10-11H2,1-5H3,(H,23,26). The van der Waals surface area contributed by atoms with Crippen molar-refractivity contribution in [1.82, 2.24) is 14.1 Å². The Morgan fingerprint density at radius 2 is 1.81 bits per heavy atom. The highest BCUT2D eigenvalue weighted by Gasteiger charge is 2.19. The molecule has 0 aliphatic heterocycles. The third-order valence-electron chi connectivity index (χ3n) is 4.81. The second kappa shape index (κ2) is 9.88. The van der Waals surface area contributed by atoms with Gasteiger partial charge in [-0.2, -0.15) is 0 Å². The molecule has 0 saturated heterocycles. The van der Waals surface area contributed by atoms with Crippen LogP contribution >= 0.6 is 11.8 Å². The fourth-order valence-electron chi connectivity index (χ4n) is 3.21. The zero-order chi connectivity index (χ0) is 23.4. The van der Waals surface area contributed by atoms with Crippen LogP contribution in [0, 0.1) is 0 Å². The fraction of sp³-hybridized carbons (Fsp3) is 0.333. The molecule has 0 aliphatic rings. The number of anilines is 1. The van der Waals surface area contributed by atoms with Crippen molar-refractivity contribution in [2.24, 2.45) is 14.1 Å². The van der Waals surface area contributed by atoms with Crippen LogP contribution in [-0.4, -0.2) is 47.1 Å². The summed E-state index contributed by atoms with van der Waals surface area (Å²) >= 11 is 1.18. The van der Waals surface area contributed by atoms with Crippen LogP contribution in [0.5, 0.6) is 11.5 Å². The molecule has 170 valence electrons. The van der Waals surface area contributed by atoms with Crippen molar-refractivity contribution in [3.05, 3.63) is 50.8 Å². The van der Waals surface area contributed by atoms with E-state index in [2.05, 4.69) is 10.3 Å². The van der Waals surface area contributed by atoms with Gasteiger partial charge in [0.1, 0.15) is 5.65 Å². The fourth-order valence-corrected chi connectivity index (χ4v) is 4.18. The van der Waals surface area contributed by atoms with Crippen molar-refractivity contribution in [2.45, 2.75) is 11.5 Å². The molecule has 0 fully saturated rings. The SMILES string of the molecule is COCc1cnc2c(c1SCC(=O)Nc1ccc(OC)c(OC)c1)c(=O)n(C)c(=O)n2C. The first-order valence-electron chi connectivity index (χ1n) is 9.53. The molecule has 0 atom stereocenters. The third-order valence-corrected chi connectivity index (χ3v) is 5.97. The Kier molecular flexibility index (Phi) is 7.21. The van der Waals surface area contributed by atoms with Gasteiger partial charge in [0.2, 0.25) is 5.91 Å². The minimum atomic E-state index is -0.476. The lowest BCUT2D eigenvalue weighted by atomic mass is 10.2. The van der Waals surface area contributed by atoms with E-state index in [1.54, 1.807) is 31.4 Å². The second-order valence-electron chi connectivity index (χ2n) is 6.86. The number of pyridine rings is 1. The number of carbonyl (C=O) groups is 1. The van der Waals surface area contributed by atoms with Gasteiger partial charge in [0, 0.05) is 49.6 Å². The number of benzene rings is 1. The van der Waals surface area contributed by atoms with E-state index in [4.69, 9.17) is 14.2 Å². The minimum Gasteiger partial charge on any atom is -0.493 e. The van der Waals surface area contributed by atoms with E-state index in [0.717, 1.165) is 4.57 Å². The number of thioether (sulfide) groups is 1. The van der Waals surface area contributed by atoms with Gasteiger partial charge in [-0.25, -0.2) is 9.78 Å². The molecule has 3 aromatic rings. The maximum Gasteiger partial charge on any atom is 0.332 e. The predicted molar refractivity (Wildman–Crippen MR) is 122 cm³/mol. The summed E-state index contributed by atoms with van der Waals surface area (Å²) < 4.78 is 18.0. The molecule has 1 amide bonds. The quantitative estimate of drug-likeness (QED) is 0.504. The highest BCUT2D eigenvalue weighted by atomic mass is 32.2. The van der Waals surface area contributed by atoms with E-state index in [1.165, 1.54) is 44.7 Å². The molecule has 0 aliphatic carbocycles. The van der Waals surface area contributed by atoms with Crippen LogP contribution in [0.15, 0.2) is 38.9 Å². The zero-order valence-electron chi connectivity index (χ0n) is 18.4. The molecule has 2 aromatic heterocycles. The lowest BCUT2D eigenvalue weighted by Gasteiger charge is -2.14. The molecule has 1 aromatic carbocycles. The number of hydrogen-bond acceptors (Lipinski definition) is 8. The summed E-state index contributed by atoms with van der Waals surface area (Å²) in [6, 6.07) is 5.05. The van der Waals surface area contributed by atoms with Gasteiger partial charge in [-0.1, -0.05) is 0 Å². The van der Waals surface area contributed by atoms with E-state index >= 15 is 0 Å². The Morgan fingerprint density at radius 3 is 2.47 bits per heavy atom. The summed E-state index contributed by atoms with van der Waals surface area (Å²) in [4.78, 5) is 42.6. The minimum absolute atomic E-state index is 0.0240. The van der Waals surface area contributed by atoms with Crippen molar-refractivity contribution in [3.8, 4) is 11.5 Å². The molecule has 11 heteroatoms. The first-order valence-corrected chi connectivity index (χ1v) is 10.5. The molecule has 0 saturated carbocycles. The first-order chi connectivity index (χ1) is 15.3. The third kappa shape index (κ3) is 4.48. The largest absolute Gasteiger partial charge is 0.493 e. The molecule has 1 N–H and O–H groups in total. The van der Waals surface area contributed by atoms with Crippen molar-refractivity contribution in [2.75, 3.05) is 32.4 Å². The summed E-state index contributed by atoms with van der Waals surface area (Å²) in [5.74, 6) is 0.784. The molecule has 10 nitrogen and oxygen atoms in total. The number of nitrogens with zero attached hydrogens (tertiary/aromatic N) is 3. The molecule has 0 radical (unpaired) electrons. The van der Waals surface area contributed by atoms with Crippen molar-refractivity contribution >= 4 is 34.4 Å². The highest BCUT2D eigenvalue weighted by molar-refractivity contribution is 8.00. The molecular formula is C21H24N4O6S. The maximum atomic E-state index is 12.9. The molecule has 0 spiro atoms. The number of fused-ring (bicyclic) bond motifs is 1. The number of carbonyl (C=O) groups excluding carboxylic acids is 1. The number of methoxy groups -OCH3 is 3. The Labute approximate surface area is 188 Å². The van der Waals surface area contributed by atoms with E-state index in [1.807, 2.05) is 0 Å². The number of ether oxygens (including phenoxy) is 3. The topological polar surface area (TPSA) is 114 Å². The number of rotatable bonds is 8. The van der Waals surface area contributed by atoms with E-state index in [0.29, 0.717) is 27.6 Å². The Bertz CT molecular complexity index is 1280. The van der Waals surface area contributed by atoms with Gasteiger partial charge in [0.05, 0.1) is 32.0 Å². The predicted octanol–water partition coefficient (Wildman–Crippen LogP) is 1.53. The smallest absolute Gasteiger partial charge is 0.332 e. The lowest BCUT2D eigenvalue weighted by Crippen LogP contribution is -2.37. The van der Waals surface area contributed by atoms with Crippen molar-refractivity contribution in [1.29, 1.82) is 0 Å². The lowest BCUT2D eigenvalue weighted by molar-refractivity contribution is -0.113. The highest BCUT2D eigenvalue weighted by Crippen LogP contribution is 2.31. The maximum absolute atomic E-state index is 12.9. The molecule has 0 unspecified atom stereocenters. The van der Waals surface area contributed by atoms with Crippen LogP contribution in [0.3, 0.4) is 0 Å². The van der Waals surface area contributed by atoms with E-state index in [9.17, 15) is 14.4 Å². The van der Waals surface area contributed by atoms with Crippen molar-refractivity contribution < 1.29 is 19.0 Å². The number of amides is 1. The van der Waals surface area contributed by atoms with Gasteiger partial charge in [0.15, 0.2) is 11.5 Å². The zero-order valence-corrected chi connectivity index (χ0v) is 19.2. The Balaban J connectivity index is 1.93. The van der Waals surface area contributed by atoms with Gasteiger partial charge in [-0.3, -0.25) is 18.7 Å². The average molecular weight is 461 g/mol. The van der Waals surface area contributed by atoms with Crippen molar-refractivity contribution in [3.63, 3.8) is 0 Å². The van der Waals surface area contributed by atoms with Gasteiger partial charge < -0.3 is 19.5 Å². The van der Waals surface area contributed by atoms with Gasteiger partial charge >= 0.3 is 5.69 Å². The van der Waals surface area contributed by atoms with Crippen LogP contribution in [0.2, 0.25) is 0 Å². The second-order valence-corrected chi connectivity index (χ2v) is 7.84. The van der Waals surface area contributed by atoms with Crippen LogP contribution < -0.4 is 26.0 Å². The van der Waals surface area contributed by atoms with Crippen LogP contribution in [0.25, 0.3) is 11.0 Å². The van der Waals surface area contributed by atoms with Crippen LogP contribution in [0.4, 0.5) is 5.69 Å². The Hall–Kier alpha value is -3.31. The van der Waals surface area contributed by atoms with Gasteiger partial charge in [0.25, 0.3) is 5.56 Å². The number of hydrogen-bond donors (Lipinski definition) is 1. The normalized spacial score (nSPS) is 10.9.